The summed E-state index contributed by atoms with van der Waals surface area (Å²) in [7, 11) is 0. The highest BCUT2D eigenvalue weighted by Crippen LogP contribution is 2.26. The summed E-state index contributed by atoms with van der Waals surface area (Å²) in [5, 5.41) is 13.2. The molecular formula is C17H22N4O3. The number of hydrogen-bond acceptors (Lipinski definition) is 6. The molecule has 1 aliphatic heterocycles. The molecule has 0 aromatic carbocycles. The Hall–Kier alpha value is -2.44. The molecule has 1 aliphatic rings. The Morgan fingerprint density at radius 2 is 2.17 bits per heavy atom. The predicted molar refractivity (Wildman–Crippen MR) is 88.8 cm³/mol. The van der Waals surface area contributed by atoms with Crippen molar-refractivity contribution in [2.75, 3.05) is 18.0 Å². The number of nitrogens with zero attached hydrogens (tertiary/aromatic N) is 4. The molecule has 1 fully saturated rings. The van der Waals surface area contributed by atoms with Gasteiger partial charge in [-0.05, 0) is 25.0 Å². The van der Waals surface area contributed by atoms with Gasteiger partial charge >= 0.3 is 5.97 Å². The molecule has 3 rings (SSSR count). The van der Waals surface area contributed by atoms with Crippen molar-refractivity contribution in [2.45, 2.75) is 39.0 Å². The third kappa shape index (κ3) is 3.39. The van der Waals surface area contributed by atoms with E-state index in [9.17, 15) is 9.90 Å². The van der Waals surface area contributed by atoms with Gasteiger partial charge in [-0.15, -0.1) is 0 Å². The second-order valence-electron chi connectivity index (χ2n) is 7.20. The van der Waals surface area contributed by atoms with Crippen molar-refractivity contribution in [3.8, 4) is 11.5 Å². The lowest BCUT2D eigenvalue weighted by Crippen LogP contribution is -2.39. The molecule has 24 heavy (non-hydrogen) atoms. The molecule has 1 atom stereocenters. The van der Waals surface area contributed by atoms with Gasteiger partial charge in [0.05, 0.1) is 11.5 Å². The van der Waals surface area contributed by atoms with Gasteiger partial charge < -0.3 is 14.5 Å². The summed E-state index contributed by atoms with van der Waals surface area (Å²) in [6, 6.07) is 3.76. The van der Waals surface area contributed by atoms with Gasteiger partial charge in [0.2, 0.25) is 0 Å². The molecule has 0 bridgehead atoms. The van der Waals surface area contributed by atoms with Crippen LogP contribution < -0.4 is 4.90 Å². The molecule has 3 heterocycles. The Bertz CT molecular complexity index is 718. The lowest BCUT2D eigenvalue weighted by atomic mass is 9.96. The maximum Gasteiger partial charge on any atom is 0.308 e. The fourth-order valence-corrected chi connectivity index (χ4v) is 2.73. The molecule has 2 aromatic rings. The van der Waals surface area contributed by atoms with Crippen LogP contribution in [0.25, 0.3) is 11.5 Å². The van der Waals surface area contributed by atoms with E-state index >= 15 is 0 Å². The maximum absolute atomic E-state index is 11.2. The lowest BCUT2D eigenvalue weighted by Gasteiger charge is -2.31. The number of carbonyl (C=O) groups is 1. The molecule has 2 aromatic heterocycles. The Labute approximate surface area is 140 Å². The molecule has 1 unspecified atom stereocenters. The van der Waals surface area contributed by atoms with Gasteiger partial charge in [0.1, 0.15) is 5.82 Å². The zero-order valence-electron chi connectivity index (χ0n) is 14.2. The molecule has 0 spiro atoms. The minimum absolute atomic E-state index is 0.172. The first-order chi connectivity index (χ1) is 11.3. The first-order valence-electron chi connectivity index (χ1n) is 8.13. The van der Waals surface area contributed by atoms with Crippen molar-refractivity contribution in [3.05, 3.63) is 24.2 Å². The zero-order chi connectivity index (χ0) is 17.3. The highest BCUT2D eigenvalue weighted by Gasteiger charge is 2.26. The van der Waals surface area contributed by atoms with E-state index in [4.69, 9.17) is 4.52 Å². The number of pyridine rings is 1. The molecule has 0 aliphatic carbocycles. The summed E-state index contributed by atoms with van der Waals surface area (Å²) in [5.74, 6) is 0.811. The van der Waals surface area contributed by atoms with Crippen LogP contribution in [-0.4, -0.2) is 39.3 Å². The van der Waals surface area contributed by atoms with Gasteiger partial charge in [-0.2, -0.15) is 4.98 Å². The van der Waals surface area contributed by atoms with Gasteiger partial charge in [-0.3, -0.25) is 4.79 Å². The number of carboxylic acid groups (broad SMARTS) is 1. The number of rotatable bonds is 3. The normalized spacial score (nSPS) is 18.6. The summed E-state index contributed by atoms with van der Waals surface area (Å²) < 4.78 is 5.32. The van der Waals surface area contributed by atoms with Crippen molar-refractivity contribution in [1.82, 2.24) is 15.1 Å². The largest absolute Gasteiger partial charge is 0.481 e. The van der Waals surface area contributed by atoms with Crippen molar-refractivity contribution in [1.29, 1.82) is 0 Å². The SMILES string of the molecule is CC(C)(C)c1noc(-c2ccc(N3CCCC(C(=O)O)C3)nc2)n1. The van der Waals surface area contributed by atoms with E-state index in [-0.39, 0.29) is 11.3 Å². The average molecular weight is 330 g/mol. The van der Waals surface area contributed by atoms with Crippen LogP contribution in [0.15, 0.2) is 22.9 Å². The van der Waals surface area contributed by atoms with Crippen molar-refractivity contribution < 1.29 is 14.4 Å². The van der Waals surface area contributed by atoms with Crippen LogP contribution in [0.1, 0.15) is 39.4 Å². The van der Waals surface area contributed by atoms with Crippen LogP contribution in [0.5, 0.6) is 0 Å². The van der Waals surface area contributed by atoms with Gasteiger partial charge in [0, 0.05) is 24.7 Å². The third-order valence-corrected chi connectivity index (χ3v) is 4.19. The molecule has 0 radical (unpaired) electrons. The van der Waals surface area contributed by atoms with E-state index in [0.717, 1.165) is 30.8 Å². The van der Waals surface area contributed by atoms with Gasteiger partial charge in [0.15, 0.2) is 5.82 Å². The Morgan fingerprint density at radius 3 is 2.75 bits per heavy atom. The van der Waals surface area contributed by atoms with Gasteiger partial charge in [0.25, 0.3) is 5.89 Å². The average Bonchev–Trinajstić information content (AvgIpc) is 3.05. The second-order valence-corrected chi connectivity index (χ2v) is 7.20. The van der Waals surface area contributed by atoms with Crippen LogP contribution in [-0.2, 0) is 10.2 Å². The smallest absolute Gasteiger partial charge is 0.308 e. The minimum Gasteiger partial charge on any atom is -0.481 e. The van der Waals surface area contributed by atoms with E-state index in [1.54, 1.807) is 6.20 Å². The molecule has 0 saturated carbocycles. The molecule has 7 nitrogen and oxygen atoms in total. The number of carboxylic acids is 1. The monoisotopic (exact) mass is 330 g/mol. The van der Waals surface area contributed by atoms with Crippen molar-refractivity contribution in [2.24, 2.45) is 5.92 Å². The molecule has 128 valence electrons. The highest BCUT2D eigenvalue weighted by atomic mass is 16.5. The first-order valence-corrected chi connectivity index (χ1v) is 8.13. The lowest BCUT2D eigenvalue weighted by molar-refractivity contribution is -0.141. The van der Waals surface area contributed by atoms with Crippen LogP contribution >= 0.6 is 0 Å². The highest BCUT2D eigenvalue weighted by molar-refractivity contribution is 5.71. The quantitative estimate of drug-likeness (QED) is 0.925. The van der Waals surface area contributed by atoms with Crippen LogP contribution in [0.3, 0.4) is 0 Å². The Kier molecular flexibility index (Phi) is 4.26. The predicted octanol–water partition coefficient (Wildman–Crippen LogP) is 2.73. The fourth-order valence-electron chi connectivity index (χ4n) is 2.73. The maximum atomic E-state index is 11.2. The molecule has 0 amide bonds. The van der Waals surface area contributed by atoms with E-state index in [2.05, 4.69) is 15.1 Å². The van der Waals surface area contributed by atoms with Crippen molar-refractivity contribution in [3.63, 3.8) is 0 Å². The standard InChI is InChI=1S/C17H22N4O3/c1-17(2,3)16-19-14(24-20-16)11-6-7-13(18-9-11)21-8-4-5-12(10-21)15(22)23/h6-7,9,12H,4-5,8,10H2,1-3H3,(H,22,23). The number of anilines is 1. The van der Waals surface area contributed by atoms with E-state index < -0.39 is 5.97 Å². The van der Waals surface area contributed by atoms with Gasteiger partial charge in [-0.25, -0.2) is 4.98 Å². The fraction of sp³-hybridized carbons (Fsp3) is 0.529. The van der Waals surface area contributed by atoms with Crippen LogP contribution in [0, 0.1) is 5.92 Å². The molecular weight excluding hydrogens is 308 g/mol. The summed E-state index contributed by atoms with van der Waals surface area (Å²) >= 11 is 0. The topological polar surface area (TPSA) is 92.4 Å². The number of hydrogen-bond donors (Lipinski definition) is 1. The Morgan fingerprint density at radius 1 is 1.38 bits per heavy atom. The van der Waals surface area contributed by atoms with Gasteiger partial charge in [-0.1, -0.05) is 25.9 Å². The number of piperidine rings is 1. The minimum atomic E-state index is -0.739. The Balaban J connectivity index is 1.76. The molecule has 7 heteroatoms. The molecule has 1 saturated heterocycles. The van der Waals surface area contributed by atoms with E-state index in [0.29, 0.717) is 18.3 Å². The zero-order valence-corrected chi connectivity index (χ0v) is 14.2. The first kappa shape index (κ1) is 16.4. The molecule has 1 N–H and O–H groups in total. The summed E-state index contributed by atoms with van der Waals surface area (Å²) in [4.78, 5) is 22.1. The number of aliphatic carboxylic acids is 1. The number of aromatic nitrogens is 3. The van der Waals surface area contributed by atoms with Crippen LogP contribution in [0.2, 0.25) is 0 Å². The summed E-state index contributed by atoms with van der Waals surface area (Å²) in [6.45, 7) is 7.40. The summed E-state index contributed by atoms with van der Waals surface area (Å²) in [5.41, 5.74) is 0.586. The second kappa shape index (κ2) is 6.22. The van der Waals surface area contributed by atoms with Crippen molar-refractivity contribution >= 4 is 11.8 Å². The van der Waals surface area contributed by atoms with E-state index in [1.165, 1.54) is 0 Å². The van der Waals surface area contributed by atoms with Crippen LogP contribution in [0.4, 0.5) is 5.82 Å². The van der Waals surface area contributed by atoms with E-state index in [1.807, 2.05) is 37.8 Å². The third-order valence-electron chi connectivity index (χ3n) is 4.19. The summed E-state index contributed by atoms with van der Waals surface area (Å²) in [6.07, 6.45) is 3.28.